The summed E-state index contributed by atoms with van der Waals surface area (Å²) in [6.45, 7) is 6.16. The number of nitrogens with zero attached hydrogens (tertiary/aromatic N) is 3. The van der Waals surface area contributed by atoms with Crippen LogP contribution in [0.1, 0.15) is 49.4 Å². The molecule has 1 saturated carbocycles. The monoisotopic (exact) mass is 290 g/mol. The molecule has 0 radical (unpaired) electrons. The second-order valence-electron chi connectivity index (χ2n) is 6.14. The summed E-state index contributed by atoms with van der Waals surface area (Å²) in [6.07, 6.45) is 6.43. The summed E-state index contributed by atoms with van der Waals surface area (Å²) in [7, 11) is 1.91. The van der Waals surface area contributed by atoms with Crippen LogP contribution in [-0.2, 0) is 0 Å². The molecule has 1 N–H and O–H groups in total. The molecule has 0 atom stereocenters. The van der Waals surface area contributed by atoms with Gasteiger partial charge in [-0.15, -0.1) is 0 Å². The molecule has 0 amide bonds. The Hall–Kier alpha value is -1.36. The van der Waals surface area contributed by atoms with Gasteiger partial charge in [0.15, 0.2) is 0 Å². The Bertz CT molecular complexity index is 481. The summed E-state index contributed by atoms with van der Waals surface area (Å²) in [5.41, 5.74) is 1.01. The minimum atomic E-state index is 0.544. The van der Waals surface area contributed by atoms with Crippen molar-refractivity contribution in [2.24, 2.45) is 0 Å². The van der Waals surface area contributed by atoms with Gasteiger partial charge in [0.2, 0.25) is 5.88 Å². The highest BCUT2D eigenvalue weighted by Gasteiger charge is 2.28. The Morgan fingerprint density at radius 2 is 1.95 bits per heavy atom. The van der Waals surface area contributed by atoms with Crippen LogP contribution >= 0.6 is 0 Å². The van der Waals surface area contributed by atoms with Crippen molar-refractivity contribution in [2.75, 3.05) is 38.6 Å². The predicted molar refractivity (Wildman–Crippen MR) is 84.1 cm³/mol. The summed E-state index contributed by atoms with van der Waals surface area (Å²) < 4.78 is 5.97. The molecule has 1 aromatic rings. The molecular formula is C16H26N4O. The van der Waals surface area contributed by atoms with Gasteiger partial charge in [-0.25, -0.2) is 4.98 Å². The lowest BCUT2D eigenvalue weighted by Crippen LogP contribution is -2.33. The number of anilines is 1. The van der Waals surface area contributed by atoms with E-state index in [1.807, 2.05) is 14.0 Å². The van der Waals surface area contributed by atoms with Crippen molar-refractivity contribution >= 4 is 5.82 Å². The summed E-state index contributed by atoms with van der Waals surface area (Å²) in [6, 6.07) is 0. The Morgan fingerprint density at radius 1 is 1.19 bits per heavy atom. The van der Waals surface area contributed by atoms with Crippen LogP contribution < -0.4 is 10.1 Å². The predicted octanol–water partition coefficient (Wildman–Crippen LogP) is 2.57. The molecule has 0 unspecified atom stereocenters. The van der Waals surface area contributed by atoms with Crippen LogP contribution in [0.5, 0.6) is 5.88 Å². The van der Waals surface area contributed by atoms with E-state index in [9.17, 15) is 0 Å². The Kier molecular flexibility index (Phi) is 4.58. The molecule has 5 heteroatoms. The average Bonchev–Trinajstić information content (AvgIpc) is 3.35. The van der Waals surface area contributed by atoms with Gasteiger partial charge in [0.25, 0.3) is 0 Å². The molecule has 21 heavy (non-hydrogen) atoms. The summed E-state index contributed by atoms with van der Waals surface area (Å²) in [5, 5.41) is 3.16. The minimum absolute atomic E-state index is 0.544. The third kappa shape index (κ3) is 3.64. The van der Waals surface area contributed by atoms with Crippen molar-refractivity contribution in [2.45, 2.75) is 44.9 Å². The first kappa shape index (κ1) is 14.6. The highest BCUT2D eigenvalue weighted by atomic mass is 16.5. The smallest absolute Gasteiger partial charge is 0.221 e. The normalized spacial score (nSPS) is 19.5. The Balaban J connectivity index is 1.61. The first-order valence-electron chi connectivity index (χ1n) is 8.19. The van der Waals surface area contributed by atoms with Crippen LogP contribution in [0, 0.1) is 6.92 Å². The van der Waals surface area contributed by atoms with Gasteiger partial charge in [-0.3, -0.25) is 4.90 Å². The fourth-order valence-electron chi connectivity index (χ4n) is 2.88. The van der Waals surface area contributed by atoms with Crippen LogP contribution in [0.15, 0.2) is 0 Å². The topological polar surface area (TPSA) is 50.3 Å². The molecule has 2 fully saturated rings. The highest BCUT2D eigenvalue weighted by Crippen LogP contribution is 2.39. The van der Waals surface area contributed by atoms with Crippen LogP contribution in [0.3, 0.4) is 0 Å². The van der Waals surface area contributed by atoms with Crippen LogP contribution in [0.4, 0.5) is 5.82 Å². The second kappa shape index (κ2) is 6.60. The van der Waals surface area contributed by atoms with Gasteiger partial charge in [0.05, 0.1) is 5.56 Å². The molecule has 1 aliphatic heterocycles. The first-order valence-corrected chi connectivity index (χ1v) is 8.19. The quantitative estimate of drug-likeness (QED) is 0.872. The van der Waals surface area contributed by atoms with Gasteiger partial charge in [-0.05, 0) is 45.7 Å². The summed E-state index contributed by atoms with van der Waals surface area (Å²) in [5.74, 6) is 3.15. The van der Waals surface area contributed by atoms with E-state index in [1.54, 1.807) is 0 Å². The molecule has 1 aromatic heterocycles. The molecule has 0 bridgehead atoms. The van der Waals surface area contributed by atoms with Crippen molar-refractivity contribution in [3.63, 3.8) is 0 Å². The van der Waals surface area contributed by atoms with Gasteiger partial charge in [0, 0.05) is 19.5 Å². The van der Waals surface area contributed by atoms with Crippen LogP contribution in [-0.4, -0.2) is 48.2 Å². The van der Waals surface area contributed by atoms with E-state index in [0.29, 0.717) is 12.5 Å². The molecule has 0 spiro atoms. The van der Waals surface area contributed by atoms with E-state index < -0.39 is 0 Å². The average molecular weight is 290 g/mol. The van der Waals surface area contributed by atoms with E-state index in [0.717, 1.165) is 29.6 Å². The number of hydrogen-bond donors (Lipinski definition) is 1. The molecule has 2 heterocycles. The van der Waals surface area contributed by atoms with E-state index in [2.05, 4.69) is 20.2 Å². The number of nitrogens with one attached hydrogen (secondary N) is 1. The molecule has 0 aromatic carbocycles. The number of ether oxygens (including phenoxy) is 1. The third-order valence-electron chi connectivity index (χ3n) is 4.39. The Morgan fingerprint density at radius 3 is 2.62 bits per heavy atom. The van der Waals surface area contributed by atoms with E-state index in [-0.39, 0.29) is 0 Å². The molecule has 1 saturated heterocycles. The second-order valence-corrected chi connectivity index (χ2v) is 6.14. The minimum Gasteiger partial charge on any atom is -0.476 e. The lowest BCUT2D eigenvalue weighted by Gasteiger charge is -2.26. The summed E-state index contributed by atoms with van der Waals surface area (Å²) in [4.78, 5) is 11.7. The molecular weight excluding hydrogens is 264 g/mol. The lowest BCUT2D eigenvalue weighted by atomic mass is 10.1. The molecule has 2 aliphatic rings. The van der Waals surface area contributed by atoms with Crippen molar-refractivity contribution in [1.29, 1.82) is 0 Å². The molecule has 1 aliphatic carbocycles. The molecule has 5 nitrogen and oxygen atoms in total. The van der Waals surface area contributed by atoms with E-state index in [4.69, 9.17) is 4.74 Å². The SMILES string of the molecule is CNc1nc(C2CC2)nc(OCCN2CCCCC2)c1C. The van der Waals surface area contributed by atoms with Gasteiger partial charge in [0.1, 0.15) is 18.2 Å². The Labute approximate surface area is 127 Å². The van der Waals surface area contributed by atoms with Gasteiger partial charge < -0.3 is 10.1 Å². The van der Waals surface area contributed by atoms with Crippen molar-refractivity contribution in [3.8, 4) is 5.88 Å². The maximum atomic E-state index is 5.97. The number of likely N-dealkylation sites (tertiary alicyclic amines) is 1. The zero-order valence-corrected chi connectivity index (χ0v) is 13.2. The van der Waals surface area contributed by atoms with Gasteiger partial charge in [-0.1, -0.05) is 6.42 Å². The van der Waals surface area contributed by atoms with E-state index in [1.165, 1.54) is 45.2 Å². The van der Waals surface area contributed by atoms with E-state index >= 15 is 0 Å². The number of aromatic nitrogens is 2. The maximum absolute atomic E-state index is 5.97. The largest absolute Gasteiger partial charge is 0.476 e. The van der Waals surface area contributed by atoms with Crippen LogP contribution in [0.25, 0.3) is 0 Å². The number of rotatable bonds is 6. The third-order valence-corrected chi connectivity index (χ3v) is 4.39. The number of piperidine rings is 1. The highest BCUT2D eigenvalue weighted by molar-refractivity contribution is 5.48. The van der Waals surface area contributed by atoms with Crippen molar-refractivity contribution < 1.29 is 4.74 Å². The van der Waals surface area contributed by atoms with Gasteiger partial charge in [-0.2, -0.15) is 4.98 Å². The summed E-state index contributed by atoms with van der Waals surface area (Å²) >= 11 is 0. The van der Waals surface area contributed by atoms with Crippen molar-refractivity contribution in [1.82, 2.24) is 14.9 Å². The molecule has 3 rings (SSSR count). The zero-order valence-electron chi connectivity index (χ0n) is 13.2. The lowest BCUT2D eigenvalue weighted by molar-refractivity contribution is 0.180. The zero-order chi connectivity index (χ0) is 14.7. The van der Waals surface area contributed by atoms with Crippen LogP contribution in [0.2, 0.25) is 0 Å². The molecule has 116 valence electrons. The first-order chi connectivity index (χ1) is 10.3. The number of hydrogen-bond acceptors (Lipinski definition) is 5. The van der Waals surface area contributed by atoms with Gasteiger partial charge >= 0.3 is 0 Å². The fourth-order valence-corrected chi connectivity index (χ4v) is 2.88. The van der Waals surface area contributed by atoms with Crippen molar-refractivity contribution in [3.05, 3.63) is 11.4 Å². The fraction of sp³-hybridized carbons (Fsp3) is 0.750. The maximum Gasteiger partial charge on any atom is 0.221 e. The standard InChI is InChI=1S/C16H26N4O/c1-12-14(17-2)18-15(13-6-7-13)19-16(12)21-11-10-20-8-4-3-5-9-20/h13H,3-11H2,1-2H3,(H,17,18,19).